The minimum Gasteiger partial charge on any atom is -0.266 e. The Morgan fingerprint density at radius 1 is 1.42 bits per heavy atom. The molecule has 0 aliphatic heterocycles. The molecule has 0 bridgehead atoms. The molecule has 1 aromatic heterocycles. The van der Waals surface area contributed by atoms with Crippen molar-refractivity contribution < 1.29 is 13.2 Å². The Morgan fingerprint density at radius 2 is 2.08 bits per heavy atom. The van der Waals surface area contributed by atoms with Gasteiger partial charge in [0, 0.05) is 0 Å². The van der Waals surface area contributed by atoms with E-state index in [4.69, 9.17) is 0 Å². The largest absolute Gasteiger partial charge is 0.401 e. The van der Waals surface area contributed by atoms with E-state index >= 15 is 0 Å². The molecule has 1 fully saturated rings. The van der Waals surface area contributed by atoms with Gasteiger partial charge in [0.15, 0.2) is 5.82 Å². The number of hydrogen-bond donors (Lipinski definition) is 1. The molecule has 1 aliphatic carbocycles. The van der Waals surface area contributed by atoms with Crippen molar-refractivity contribution in [2.24, 2.45) is 0 Å². The van der Waals surface area contributed by atoms with E-state index in [0.29, 0.717) is 0 Å². The lowest BCUT2D eigenvalue weighted by Crippen LogP contribution is -2.29. The van der Waals surface area contributed by atoms with Crippen LogP contribution in [0.4, 0.5) is 13.2 Å². The second-order valence-corrected chi connectivity index (χ2v) is 2.90. The molecule has 66 valence electrons. The highest BCUT2D eigenvalue weighted by atomic mass is 19.4. The summed E-state index contributed by atoms with van der Waals surface area (Å²) in [6.07, 6.45) is -2.83. The molecular formula is C6H6F3N3. The van der Waals surface area contributed by atoms with Gasteiger partial charge in [-0.25, -0.2) is 4.98 Å². The molecule has 0 atom stereocenters. The van der Waals surface area contributed by atoms with Crippen molar-refractivity contribution in [2.45, 2.75) is 24.4 Å². The van der Waals surface area contributed by atoms with Crippen LogP contribution in [-0.2, 0) is 5.41 Å². The highest BCUT2D eigenvalue weighted by Gasteiger charge is 2.66. The number of aromatic nitrogens is 3. The van der Waals surface area contributed by atoms with E-state index in [1.165, 1.54) is 6.33 Å². The number of nitrogens with one attached hydrogen (secondary N) is 1. The quantitative estimate of drug-likeness (QED) is 0.704. The molecule has 12 heavy (non-hydrogen) atoms. The molecule has 1 N–H and O–H groups in total. The molecule has 1 aliphatic rings. The van der Waals surface area contributed by atoms with E-state index in [1.54, 1.807) is 0 Å². The van der Waals surface area contributed by atoms with E-state index in [9.17, 15) is 13.2 Å². The van der Waals surface area contributed by atoms with Gasteiger partial charge < -0.3 is 0 Å². The fourth-order valence-electron chi connectivity index (χ4n) is 1.20. The summed E-state index contributed by atoms with van der Waals surface area (Å²) >= 11 is 0. The molecule has 6 heteroatoms. The summed E-state index contributed by atoms with van der Waals surface area (Å²) in [6.45, 7) is 0. The third kappa shape index (κ3) is 0.835. The second-order valence-electron chi connectivity index (χ2n) is 2.90. The average molecular weight is 177 g/mol. The summed E-state index contributed by atoms with van der Waals surface area (Å²) in [5.74, 6) is -0.130. The van der Waals surface area contributed by atoms with Gasteiger partial charge in [-0.2, -0.15) is 18.3 Å². The molecule has 0 spiro atoms. The van der Waals surface area contributed by atoms with Gasteiger partial charge in [-0.1, -0.05) is 0 Å². The van der Waals surface area contributed by atoms with Gasteiger partial charge in [0.2, 0.25) is 0 Å². The minimum atomic E-state index is -4.21. The molecular weight excluding hydrogens is 171 g/mol. The molecule has 0 unspecified atom stereocenters. The van der Waals surface area contributed by atoms with E-state index < -0.39 is 11.6 Å². The molecule has 0 aromatic carbocycles. The van der Waals surface area contributed by atoms with E-state index in [2.05, 4.69) is 15.2 Å². The molecule has 1 heterocycles. The predicted octanol–water partition coefficient (Wildman–Crippen LogP) is 1.40. The van der Waals surface area contributed by atoms with Crippen LogP contribution in [0.1, 0.15) is 18.7 Å². The zero-order valence-corrected chi connectivity index (χ0v) is 6.02. The van der Waals surface area contributed by atoms with Crippen LogP contribution in [0.5, 0.6) is 0 Å². The smallest absolute Gasteiger partial charge is 0.266 e. The van der Waals surface area contributed by atoms with Crippen molar-refractivity contribution >= 4 is 0 Å². The third-order valence-electron chi connectivity index (χ3n) is 2.14. The second kappa shape index (κ2) is 1.99. The highest BCUT2D eigenvalue weighted by Crippen LogP contribution is 2.57. The maximum Gasteiger partial charge on any atom is 0.401 e. The number of halogens is 3. The lowest BCUT2D eigenvalue weighted by molar-refractivity contribution is -0.162. The molecule has 2 rings (SSSR count). The van der Waals surface area contributed by atoms with E-state index in [-0.39, 0.29) is 18.7 Å². The molecule has 3 nitrogen and oxygen atoms in total. The fraction of sp³-hybridized carbons (Fsp3) is 0.667. The summed E-state index contributed by atoms with van der Waals surface area (Å²) in [5.41, 5.74) is -1.74. The number of alkyl halides is 3. The number of rotatable bonds is 1. The average Bonchev–Trinajstić information content (AvgIpc) is 2.61. The Morgan fingerprint density at radius 3 is 2.42 bits per heavy atom. The van der Waals surface area contributed by atoms with E-state index in [1.807, 2.05) is 0 Å². The lowest BCUT2D eigenvalue weighted by atomic mass is 10.1. The van der Waals surface area contributed by atoms with Gasteiger partial charge in [0.05, 0.1) is 0 Å². The van der Waals surface area contributed by atoms with Gasteiger partial charge in [0.1, 0.15) is 11.7 Å². The van der Waals surface area contributed by atoms with Gasteiger partial charge >= 0.3 is 6.18 Å². The molecule has 0 saturated heterocycles. The van der Waals surface area contributed by atoms with Gasteiger partial charge in [0.25, 0.3) is 0 Å². The van der Waals surface area contributed by atoms with Crippen LogP contribution in [-0.4, -0.2) is 21.4 Å². The van der Waals surface area contributed by atoms with E-state index in [0.717, 1.165) is 0 Å². The standard InChI is InChI=1S/C6H6F3N3/c7-6(8,9)5(1-2-5)4-10-3-11-12-4/h3H,1-2H2,(H,10,11,12). The Balaban J connectivity index is 2.35. The minimum absolute atomic E-state index is 0.106. The zero-order valence-electron chi connectivity index (χ0n) is 6.02. The van der Waals surface area contributed by atoms with Crippen molar-refractivity contribution in [3.63, 3.8) is 0 Å². The Kier molecular flexibility index (Phi) is 1.26. The van der Waals surface area contributed by atoms with Crippen molar-refractivity contribution in [1.82, 2.24) is 15.2 Å². The van der Waals surface area contributed by atoms with Crippen LogP contribution in [0, 0.1) is 0 Å². The molecule has 0 amide bonds. The number of hydrogen-bond acceptors (Lipinski definition) is 2. The predicted molar refractivity (Wildman–Crippen MR) is 33.3 cm³/mol. The maximum atomic E-state index is 12.4. The summed E-state index contributed by atoms with van der Waals surface area (Å²) in [4.78, 5) is 3.53. The van der Waals surface area contributed by atoms with Crippen LogP contribution in [0.15, 0.2) is 6.33 Å². The fourth-order valence-corrected chi connectivity index (χ4v) is 1.20. The summed E-state index contributed by atoms with van der Waals surface area (Å²) in [6, 6.07) is 0. The topological polar surface area (TPSA) is 41.6 Å². The lowest BCUT2D eigenvalue weighted by Gasteiger charge is -2.14. The summed E-state index contributed by atoms with van der Waals surface area (Å²) < 4.78 is 37.1. The van der Waals surface area contributed by atoms with Gasteiger partial charge in [-0.15, -0.1) is 0 Å². The first-order valence-electron chi connectivity index (χ1n) is 3.49. The number of aromatic amines is 1. The van der Waals surface area contributed by atoms with Gasteiger partial charge in [-0.3, -0.25) is 5.10 Å². The first-order chi connectivity index (χ1) is 5.56. The van der Waals surface area contributed by atoms with Crippen molar-refractivity contribution in [3.8, 4) is 0 Å². The Bertz CT molecular complexity index is 273. The van der Waals surface area contributed by atoms with Crippen LogP contribution in [0.25, 0.3) is 0 Å². The molecule has 1 saturated carbocycles. The summed E-state index contributed by atoms with van der Waals surface area (Å²) in [7, 11) is 0. The third-order valence-corrected chi connectivity index (χ3v) is 2.14. The first kappa shape index (κ1) is 7.57. The maximum absolute atomic E-state index is 12.4. The SMILES string of the molecule is FC(F)(F)C1(c2nc[nH]n2)CC1. The van der Waals surface area contributed by atoms with Crippen LogP contribution in [0.2, 0.25) is 0 Å². The van der Waals surface area contributed by atoms with Crippen molar-refractivity contribution in [2.75, 3.05) is 0 Å². The summed E-state index contributed by atoms with van der Waals surface area (Å²) in [5, 5.41) is 5.75. The Hall–Kier alpha value is -1.07. The van der Waals surface area contributed by atoms with Crippen LogP contribution >= 0.6 is 0 Å². The number of nitrogens with zero attached hydrogens (tertiary/aromatic N) is 2. The monoisotopic (exact) mass is 177 g/mol. The highest BCUT2D eigenvalue weighted by molar-refractivity contribution is 5.20. The van der Waals surface area contributed by atoms with Gasteiger partial charge in [-0.05, 0) is 12.8 Å². The first-order valence-corrected chi connectivity index (χ1v) is 3.49. The molecule has 1 aromatic rings. The Labute approximate surface area is 66.0 Å². The zero-order chi connectivity index (χ0) is 8.82. The van der Waals surface area contributed by atoms with Crippen molar-refractivity contribution in [3.05, 3.63) is 12.2 Å². The van der Waals surface area contributed by atoms with Crippen LogP contribution < -0.4 is 0 Å². The normalized spacial score (nSPS) is 20.9. The van der Waals surface area contributed by atoms with Crippen molar-refractivity contribution in [1.29, 1.82) is 0 Å². The molecule has 0 radical (unpaired) electrons. The van der Waals surface area contributed by atoms with Crippen LogP contribution in [0.3, 0.4) is 0 Å². The number of H-pyrrole nitrogens is 1.